The topological polar surface area (TPSA) is 51.2 Å². The number of rotatable bonds is 2. The fraction of sp³-hybridized carbons (Fsp3) is 0.600. The molecule has 1 fully saturated rings. The third kappa shape index (κ3) is 2.95. The summed E-state index contributed by atoms with van der Waals surface area (Å²) < 4.78 is 5.53. The van der Waals surface area contributed by atoms with Crippen LogP contribution in [-0.2, 0) is 14.9 Å². The van der Waals surface area contributed by atoms with Gasteiger partial charge in [0.1, 0.15) is 5.60 Å². The van der Waals surface area contributed by atoms with Crippen LogP contribution in [0.25, 0.3) is 0 Å². The van der Waals surface area contributed by atoms with E-state index in [-0.39, 0.29) is 17.3 Å². The Hall–Kier alpha value is -1.42. The molecule has 0 aromatic carbocycles. The molecule has 0 aliphatic carbocycles. The summed E-state index contributed by atoms with van der Waals surface area (Å²) in [7, 11) is 0. The van der Waals surface area contributed by atoms with Crippen molar-refractivity contribution in [3.8, 4) is 0 Å². The highest BCUT2D eigenvalue weighted by molar-refractivity contribution is 5.76. The van der Waals surface area contributed by atoms with Crippen LogP contribution in [0, 0.1) is 5.92 Å². The molecule has 104 valence electrons. The lowest BCUT2D eigenvalue weighted by Gasteiger charge is -2.31. The van der Waals surface area contributed by atoms with Crippen LogP contribution in [0.4, 0.5) is 0 Å². The largest absolute Gasteiger partial charge is 0.460 e. The first-order valence-electron chi connectivity index (χ1n) is 6.68. The van der Waals surface area contributed by atoms with Crippen LogP contribution in [0.2, 0.25) is 0 Å². The lowest BCUT2D eigenvalue weighted by Crippen LogP contribution is -2.40. The quantitative estimate of drug-likeness (QED) is 0.827. The molecule has 2 rings (SSSR count). The Morgan fingerprint density at radius 3 is 2.79 bits per heavy atom. The van der Waals surface area contributed by atoms with E-state index in [4.69, 9.17) is 4.74 Å². The van der Waals surface area contributed by atoms with Crippen molar-refractivity contribution in [2.75, 3.05) is 13.1 Å². The molecule has 1 aromatic rings. The van der Waals surface area contributed by atoms with Crippen LogP contribution in [0.1, 0.15) is 33.4 Å². The maximum Gasteiger partial charge on any atom is 0.311 e. The molecule has 2 atom stereocenters. The molecule has 4 heteroatoms. The van der Waals surface area contributed by atoms with Crippen molar-refractivity contribution in [3.05, 3.63) is 30.1 Å². The predicted octanol–water partition coefficient (Wildman–Crippen LogP) is 1.90. The molecule has 1 aliphatic rings. The molecule has 1 saturated heterocycles. The number of esters is 1. The number of carbonyl (C=O) groups excluding carboxylic acids is 1. The minimum atomic E-state index is -0.454. The third-order valence-electron chi connectivity index (χ3n) is 3.55. The molecule has 4 nitrogen and oxygen atoms in total. The number of nitrogens with zero attached hydrogens (tertiary/aromatic N) is 1. The van der Waals surface area contributed by atoms with Crippen LogP contribution in [-0.4, -0.2) is 29.6 Å². The Balaban J connectivity index is 2.24. The first kappa shape index (κ1) is 14.0. The lowest BCUT2D eigenvalue weighted by atomic mass is 9.76. The van der Waals surface area contributed by atoms with Gasteiger partial charge in [-0.3, -0.25) is 9.78 Å². The standard InChI is InChI=1S/C15H22N2O2/c1-14(2,3)19-13(18)11-9-16-10-15(11,4)12-7-5-6-8-17-12/h5-8,11,16H,9-10H2,1-4H3/t11-,15+/m0/s1. The van der Waals surface area contributed by atoms with Gasteiger partial charge in [0.15, 0.2) is 0 Å². The summed E-state index contributed by atoms with van der Waals surface area (Å²) in [5.74, 6) is -0.340. The average Bonchev–Trinajstić information content (AvgIpc) is 2.72. The zero-order valence-corrected chi connectivity index (χ0v) is 12.1. The molecule has 0 bridgehead atoms. The lowest BCUT2D eigenvalue weighted by molar-refractivity contribution is -0.161. The van der Waals surface area contributed by atoms with Gasteiger partial charge in [0.05, 0.1) is 5.92 Å². The Morgan fingerprint density at radius 2 is 2.21 bits per heavy atom. The van der Waals surface area contributed by atoms with Crippen molar-refractivity contribution in [2.24, 2.45) is 5.92 Å². The summed E-state index contributed by atoms with van der Waals surface area (Å²) >= 11 is 0. The molecule has 0 spiro atoms. The van der Waals surface area contributed by atoms with E-state index in [9.17, 15) is 4.79 Å². The van der Waals surface area contributed by atoms with Crippen LogP contribution in [0.15, 0.2) is 24.4 Å². The van der Waals surface area contributed by atoms with Gasteiger partial charge < -0.3 is 10.1 Å². The molecule has 1 aromatic heterocycles. The summed E-state index contributed by atoms with van der Waals surface area (Å²) in [4.78, 5) is 16.8. The second kappa shape index (κ2) is 4.93. The number of pyridine rings is 1. The third-order valence-corrected chi connectivity index (χ3v) is 3.55. The first-order valence-corrected chi connectivity index (χ1v) is 6.68. The van der Waals surface area contributed by atoms with E-state index in [0.29, 0.717) is 6.54 Å². The van der Waals surface area contributed by atoms with Gasteiger partial charge in [0, 0.05) is 30.4 Å². The van der Waals surface area contributed by atoms with E-state index in [1.165, 1.54) is 0 Å². The van der Waals surface area contributed by atoms with Gasteiger partial charge in [-0.1, -0.05) is 13.0 Å². The summed E-state index contributed by atoms with van der Waals surface area (Å²) in [6.45, 7) is 9.14. The van der Waals surface area contributed by atoms with Crippen molar-refractivity contribution in [1.29, 1.82) is 0 Å². The number of nitrogens with one attached hydrogen (secondary N) is 1. The van der Waals surface area contributed by atoms with Crippen LogP contribution < -0.4 is 5.32 Å². The molecule has 1 aliphatic heterocycles. The average molecular weight is 262 g/mol. The monoisotopic (exact) mass is 262 g/mol. The van der Waals surface area contributed by atoms with Gasteiger partial charge in [-0.05, 0) is 32.9 Å². The molecule has 0 saturated carbocycles. The number of carbonyl (C=O) groups is 1. The van der Waals surface area contributed by atoms with E-state index in [1.54, 1.807) is 6.20 Å². The molecular formula is C15H22N2O2. The number of aromatic nitrogens is 1. The molecule has 1 N–H and O–H groups in total. The zero-order chi connectivity index (χ0) is 14.1. The molecule has 19 heavy (non-hydrogen) atoms. The highest BCUT2D eigenvalue weighted by atomic mass is 16.6. The van der Waals surface area contributed by atoms with Gasteiger partial charge in [0.25, 0.3) is 0 Å². The number of ether oxygens (including phenoxy) is 1. The van der Waals surface area contributed by atoms with Gasteiger partial charge in [-0.15, -0.1) is 0 Å². The molecular weight excluding hydrogens is 240 g/mol. The predicted molar refractivity (Wildman–Crippen MR) is 73.8 cm³/mol. The number of hydrogen-bond donors (Lipinski definition) is 1. The first-order chi connectivity index (χ1) is 8.83. The Bertz CT molecular complexity index is 453. The van der Waals surface area contributed by atoms with E-state index in [2.05, 4.69) is 17.2 Å². The second-order valence-corrected chi connectivity index (χ2v) is 6.35. The summed E-state index contributed by atoms with van der Waals surface area (Å²) in [6, 6.07) is 5.82. The second-order valence-electron chi connectivity index (χ2n) is 6.35. The van der Waals surface area contributed by atoms with Gasteiger partial charge >= 0.3 is 5.97 Å². The highest BCUT2D eigenvalue weighted by Gasteiger charge is 2.47. The minimum absolute atomic E-state index is 0.148. The molecule has 2 heterocycles. The smallest absolute Gasteiger partial charge is 0.311 e. The fourth-order valence-electron chi connectivity index (χ4n) is 2.51. The zero-order valence-electron chi connectivity index (χ0n) is 12.1. The van der Waals surface area contributed by atoms with Crippen molar-refractivity contribution >= 4 is 5.97 Å². The molecule has 0 unspecified atom stereocenters. The highest BCUT2D eigenvalue weighted by Crippen LogP contribution is 2.35. The van der Waals surface area contributed by atoms with E-state index in [0.717, 1.165) is 12.2 Å². The summed E-state index contributed by atoms with van der Waals surface area (Å²) in [5, 5.41) is 3.29. The Labute approximate surface area is 114 Å². The van der Waals surface area contributed by atoms with Gasteiger partial charge in [0.2, 0.25) is 0 Å². The van der Waals surface area contributed by atoms with Crippen LogP contribution in [0.3, 0.4) is 0 Å². The summed E-state index contributed by atoms with van der Waals surface area (Å²) in [5.41, 5.74) is 0.185. The van der Waals surface area contributed by atoms with Crippen molar-refractivity contribution in [2.45, 2.75) is 38.7 Å². The number of hydrogen-bond acceptors (Lipinski definition) is 4. The molecule has 0 radical (unpaired) electrons. The maximum absolute atomic E-state index is 12.4. The maximum atomic E-state index is 12.4. The Morgan fingerprint density at radius 1 is 1.47 bits per heavy atom. The van der Waals surface area contributed by atoms with Crippen LogP contribution in [0.5, 0.6) is 0 Å². The molecule has 0 amide bonds. The fourth-order valence-corrected chi connectivity index (χ4v) is 2.51. The van der Waals surface area contributed by atoms with Crippen molar-refractivity contribution < 1.29 is 9.53 Å². The SMILES string of the molecule is CC(C)(C)OC(=O)[C@@H]1CNC[C@@]1(C)c1ccccn1. The van der Waals surface area contributed by atoms with Gasteiger partial charge in [-0.25, -0.2) is 0 Å². The normalized spacial score (nSPS) is 27.3. The van der Waals surface area contributed by atoms with Crippen molar-refractivity contribution in [1.82, 2.24) is 10.3 Å². The van der Waals surface area contributed by atoms with E-state index in [1.807, 2.05) is 39.0 Å². The minimum Gasteiger partial charge on any atom is -0.460 e. The van der Waals surface area contributed by atoms with Gasteiger partial charge in [-0.2, -0.15) is 0 Å². The van der Waals surface area contributed by atoms with E-state index >= 15 is 0 Å². The van der Waals surface area contributed by atoms with E-state index < -0.39 is 5.60 Å². The van der Waals surface area contributed by atoms with Crippen LogP contribution >= 0.6 is 0 Å². The Kier molecular flexibility index (Phi) is 3.63. The van der Waals surface area contributed by atoms with Crippen molar-refractivity contribution in [3.63, 3.8) is 0 Å². The summed E-state index contributed by atoms with van der Waals surface area (Å²) in [6.07, 6.45) is 1.77.